The predicted octanol–water partition coefficient (Wildman–Crippen LogP) is 1.65. The smallest absolute Gasteiger partial charge is 0.243 e. The summed E-state index contributed by atoms with van der Waals surface area (Å²) in [6.45, 7) is 3.35. The molecule has 1 N–H and O–H groups in total. The second-order valence-corrected chi connectivity index (χ2v) is 7.53. The lowest BCUT2D eigenvalue weighted by Gasteiger charge is -2.21. The molecule has 0 saturated carbocycles. The van der Waals surface area contributed by atoms with E-state index < -0.39 is 5.91 Å². The monoisotopic (exact) mass is 383 g/mol. The Labute approximate surface area is 164 Å². The van der Waals surface area contributed by atoms with Crippen molar-refractivity contribution in [2.45, 2.75) is 26.7 Å². The van der Waals surface area contributed by atoms with Gasteiger partial charge in [0.15, 0.2) is 0 Å². The number of nitrogens with zero attached hydrogens (tertiary/aromatic N) is 2. The molecule has 1 saturated heterocycles. The van der Waals surface area contributed by atoms with Crippen LogP contribution in [-0.2, 0) is 19.2 Å². The molecule has 2 aliphatic rings. The third-order valence-corrected chi connectivity index (χ3v) is 5.37. The summed E-state index contributed by atoms with van der Waals surface area (Å²) in [5.74, 6) is -2.07. The van der Waals surface area contributed by atoms with Gasteiger partial charge >= 0.3 is 0 Å². The molecule has 0 aromatic heterocycles. The van der Waals surface area contributed by atoms with E-state index in [-0.39, 0.29) is 42.6 Å². The van der Waals surface area contributed by atoms with Gasteiger partial charge in [-0.15, -0.1) is 0 Å². The van der Waals surface area contributed by atoms with Crippen LogP contribution in [0.3, 0.4) is 0 Å². The van der Waals surface area contributed by atoms with Crippen molar-refractivity contribution >= 4 is 29.3 Å². The average Bonchev–Trinajstić information content (AvgIpc) is 2.90. The SMILES string of the molecule is Cc1ccc(C)c(NC(=O)CN(C)C(=O)CN2C(=O)[C@H]3CC=CC[C@@H]3C2=O)c1. The Hall–Kier alpha value is -2.96. The van der Waals surface area contributed by atoms with Gasteiger partial charge in [-0.25, -0.2) is 0 Å². The first-order chi connectivity index (χ1) is 13.3. The van der Waals surface area contributed by atoms with Gasteiger partial charge in [-0.05, 0) is 43.9 Å². The normalized spacial score (nSPS) is 20.9. The summed E-state index contributed by atoms with van der Waals surface area (Å²) in [6.07, 6.45) is 4.88. The number of anilines is 1. The minimum Gasteiger partial charge on any atom is -0.335 e. The third-order valence-electron chi connectivity index (χ3n) is 5.37. The van der Waals surface area contributed by atoms with Crippen LogP contribution in [0.1, 0.15) is 24.0 Å². The van der Waals surface area contributed by atoms with Gasteiger partial charge in [-0.3, -0.25) is 24.1 Å². The van der Waals surface area contributed by atoms with Crippen molar-refractivity contribution in [1.29, 1.82) is 0 Å². The molecule has 1 aliphatic carbocycles. The Balaban J connectivity index is 1.57. The summed E-state index contributed by atoms with van der Waals surface area (Å²) in [5.41, 5.74) is 2.65. The van der Waals surface area contributed by atoms with Crippen LogP contribution < -0.4 is 5.32 Å². The average molecular weight is 383 g/mol. The van der Waals surface area contributed by atoms with Crippen LogP contribution in [0, 0.1) is 25.7 Å². The Kier molecular flexibility index (Phi) is 5.63. The van der Waals surface area contributed by atoms with E-state index in [4.69, 9.17) is 0 Å². The van der Waals surface area contributed by atoms with E-state index in [2.05, 4.69) is 5.32 Å². The molecule has 1 fully saturated rings. The number of nitrogens with one attached hydrogen (secondary N) is 1. The van der Waals surface area contributed by atoms with Crippen LogP contribution in [0.2, 0.25) is 0 Å². The first kappa shape index (κ1) is 19.8. The predicted molar refractivity (Wildman–Crippen MR) is 104 cm³/mol. The van der Waals surface area contributed by atoms with Gasteiger partial charge in [-0.1, -0.05) is 24.3 Å². The summed E-state index contributed by atoms with van der Waals surface area (Å²) in [6, 6.07) is 5.74. The molecule has 4 amide bonds. The lowest BCUT2D eigenvalue weighted by molar-refractivity contribution is -0.146. The highest BCUT2D eigenvalue weighted by molar-refractivity contribution is 6.07. The zero-order valence-electron chi connectivity index (χ0n) is 16.4. The number of carbonyl (C=O) groups is 4. The van der Waals surface area contributed by atoms with Crippen molar-refractivity contribution in [2.24, 2.45) is 11.8 Å². The number of hydrogen-bond donors (Lipinski definition) is 1. The Morgan fingerprint density at radius 2 is 1.71 bits per heavy atom. The van der Waals surface area contributed by atoms with Crippen molar-refractivity contribution in [2.75, 3.05) is 25.5 Å². The summed E-state index contributed by atoms with van der Waals surface area (Å²) in [4.78, 5) is 52.0. The van der Waals surface area contributed by atoms with Crippen LogP contribution in [0.5, 0.6) is 0 Å². The fourth-order valence-corrected chi connectivity index (χ4v) is 3.64. The summed E-state index contributed by atoms with van der Waals surface area (Å²) in [5, 5.41) is 2.80. The van der Waals surface area contributed by atoms with Gasteiger partial charge in [0.05, 0.1) is 18.4 Å². The second kappa shape index (κ2) is 7.96. The lowest BCUT2D eigenvalue weighted by atomic mass is 9.85. The molecular weight excluding hydrogens is 358 g/mol. The van der Waals surface area contributed by atoms with E-state index in [1.807, 2.05) is 44.2 Å². The van der Waals surface area contributed by atoms with E-state index in [1.165, 1.54) is 11.9 Å². The lowest BCUT2D eigenvalue weighted by Crippen LogP contribution is -2.44. The largest absolute Gasteiger partial charge is 0.335 e. The number of hydrogen-bond acceptors (Lipinski definition) is 4. The standard InChI is InChI=1S/C21H25N3O4/c1-13-8-9-14(2)17(10-13)22-18(25)11-23(3)19(26)12-24-20(27)15-6-4-5-7-16(15)21(24)28/h4-5,8-10,15-16H,6-7,11-12H2,1-3H3,(H,22,25)/t15-,16-/m0/s1. The fourth-order valence-electron chi connectivity index (χ4n) is 3.64. The van der Waals surface area contributed by atoms with Crippen molar-refractivity contribution in [3.8, 4) is 0 Å². The molecule has 7 nitrogen and oxygen atoms in total. The molecule has 0 radical (unpaired) electrons. The molecule has 1 aromatic rings. The van der Waals surface area contributed by atoms with Crippen LogP contribution in [0.4, 0.5) is 5.69 Å². The highest BCUT2D eigenvalue weighted by Crippen LogP contribution is 2.34. The Morgan fingerprint density at radius 1 is 1.11 bits per heavy atom. The number of fused-ring (bicyclic) bond motifs is 1. The Bertz CT molecular complexity index is 835. The van der Waals surface area contributed by atoms with E-state index in [1.54, 1.807) is 0 Å². The number of likely N-dealkylation sites (N-methyl/N-ethyl adjacent to an activating group) is 1. The third kappa shape index (κ3) is 3.98. The summed E-state index contributed by atoms with van der Waals surface area (Å²) < 4.78 is 0. The molecule has 1 aliphatic heterocycles. The van der Waals surface area contributed by atoms with E-state index in [0.717, 1.165) is 16.0 Å². The van der Waals surface area contributed by atoms with E-state index in [9.17, 15) is 19.2 Å². The van der Waals surface area contributed by atoms with Gasteiger partial charge in [0.2, 0.25) is 23.6 Å². The topological polar surface area (TPSA) is 86.8 Å². The van der Waals surface area contributed by atoms with E-state index in [0.29, 0.717) is 18.5 Å². The molecule has 0 spiro atoms. The van der Waals surface area contributed by atoms with Crippen LogP contribution in [0.15, 0.2) is 30.4 Å². The number of carbonyl (C=O) groups excluding carboxylic acids is 4. The number of aryl methyl sites for hydroxylation is 2. The zero-order valence-corrected chi connectivity index (χ0v) is 16.4. The molecule has 7 heteroatoms. The van der Waals surface area contributed by atoms with Crippen LogP contribution in [0.25, 0.3) is 0 Å². The minimum atomic E-state index is -0.440. The molecule has 0 bridgehead atoms. The number of benzene rings is 1. The first-order valence-electron chi connectivity index (χ1n) is 9.39. The van der Waals surface area contributed by atoms with Gasteiger partial charge in [0, 0.05) is 12.7 Å². The molecule has 0 unspecified atom stereocenters. The molecule has 3 rings (SSSR count). The number of amides is 4. The van der Waals surface area contributed by atoms with Crippen LogP contribution >= 0.6 is 0 Å². The molecule has 2 atom stereocenters. The molecule has 1 heterocycles. The fraction of sp³-hybridized carbons (Fsp3) is 0.429. The minimum absolute atomic E-state index is 0.156. The second-order valence-electron chi connectivity index (χ2n) is 7.53. The molecular formula is C21H25N3O4. The number of rotatable bonds is 5. The van der Waals surface area contributed by atoms with E-state index >= 15 is 0 Å². The van der Waals surface area contributed by atoms with Crippen LogP contribution in [-0.4, -0.2) is 53.6 Å². The van der Waals surface area contributed by atoms with Crippen molar-refractivity contribution < 1.29 is 19.2 Å². The quantitative estimate of drug-likeness (QED) is 0.619. The maximum Gasteiger partial charge on any atom is 0.243 e. The van der Waals surface area contributed by atoms with Crippen molar-refractivity contribution in [3.63, 3.8) is 0 Å². The summed E-state index contributed by atoms with van der Waals surface area (Å²) >= 11 is 0. The highest BCUT2D eigenvalue weighted by Gasteiger charge is 2.47. The number of imide groups is 1. The Morgan fingerprint density at radius 3 is 2.32 bits per heavy atom. The van der Waals surface area contributed by atoms with Crippen molar-refractivity contribution in [1.82, 2.24) is 9.80 Å². The van der Waals surface area contributed by atoms with Gasteiger partial charge in [-0.2, -0.15) is 0 Å². The van der Waals surface area contributed by atoms with Crippen molar-refractivity contribution in [3.05, 3.63) is 41.5 Å². The van der Waals surface area contributed by atoms with Gasteiger partial charge in [0.25, 0.3) is 0 Å². The number of likely N-dealkylation sites (tertiary alicyclic amines) is 1. The maximum absolute atomic E-state index is 12.5. The summed E-state index contributed by atoms with van der Waals surface area (Å²) in [7, 11) is 1.49. The van der Waals surface area contributed by atoms with Gasteiger partial charge in [0.1, 0.15) is 6.54 Å². The van der Waals surface area contributed by atoms with Gasteiger partial charge < -0.3 is 10.2 Å². The maximum atomic E-state index is 12.5. The molecule has 1 aromatic carbocycles. The first-order valence-corrected chi connectivity index (χ1v) is 9.39. The molecule has 148 valence electrons. The number of allylic oxidation sites excluding steroid dienone is 2. The molecule has 28 heavy (non-hydrogen) atoms. The zero-order chi connectivity index (χ0) is 20.4. The highest BCUT2D eigenvalue weighted by atomic mass is 16.2.